The Morgan fingerprint density at radius 2 is 1.56 bits per heavy atom. The summed E-state index contributed by atoms with van der Waals surface area (Å²) in [6, 6.07) is 6.00. The van der Waals surface area contributed by atoms with Gasteiger partial charge in [0, 0.05) is 18.7 Å². The van der Waals surface area contributed by atoms with Gasteiger partial charge in [0.05, 0.1) is 46.5 Å². The van der Waals surface area contributed by atoms with Crippen molar-refractivity contribution in [2.45, 2.75) is 58.9 Å². The standard InChI is InChI=1S/C32H33Cl2F6N5O4Si/c1-30(2,3)28(49-50(4)5)27-23(24(42-48-27)22-20(33)7-6-8-21(22)34)26(46)25-29(44-9-11-47-12-10-44)45(43-41-25)16-17-13-18(31(35,36)37)15-19(14-17)32(38,39)40/h6-8,13-15,28,50H,9-12,16H2,1-5H3. The lowest BCUT2D eigenvalue weighted by atomic mass is 9.85. The number of rotatable bonds is 9. The molecule has 270 valence electrons. The molecule has 2 aromatic heterocycles. The van der Waals surface area contributed by atoms with Crippen LogP contribution in [0.5, 0.6) is 0 Å². The predicted molar refractivity (Wildman–Crippen MR) is 176 cm³/mol. The van der Waals surface area contributed by atoms with Crippen molar-refractivity contribution in [3.8, 4) is 11.3 Å². The molecule has 4 aromatic rings. The van der Waals surface area contributed by atoms with Crippen molar-refractivity contribution in [1.82, 2.24) is 20.2 Å². The van der Waals surface area contributed by atoms with Crippen LogP contribution in [0.1, 0.15) is 65.4 Å². The number of hydrogen-bond acceptors (Lipinski definition) is 8. The van der Waals surface area contributed by atoms with Gasteiger partial charge in [-0.25, -0.2) is 4.68 Å². The molecule has 3 heterocycles. The Labute approximate surface area is 295 Å². The van der Waals surface area contributed by atoms with E-state index in [1.54, 1.807) is 23.1 Å². The first-order valence-electron chi connectivity index (χ1n) is 15.5. The number of carbonyl (C=O) groups excluding carboxylic acids is 1. The second kappa shape index (κ2) is 14.3. The Hall–Kier alpha value is -3.44. The second-order valence-corrected chi connectivity index (χ2v) is 16.2. The SMILES string of the molecule is C[SiH](C)OC(c1onc(-c2c(Cl)cccc2Cl)c1C(=O)c1nnn(Cc2cc(C(F)(F)F)cc(C(F)(F)F)c2)c1N1CCOCC1)C(C)(C)C. The number of hydrogen-bond donors (Lipinski definition) is 0. The van der Waals surface area contributed by atoms with E-state index in [1.807, 2.05) is 33.9 Å². The molecule has 0 radical (unpaired) electrons. The van der Waals surface area contributed by atoms with Crippen LogP contribution in [-0.2, 0) is 28.1 Å². The molecule has 0 saturated carbocycles. The zero-order valence-corrected chi connectivity index (χ0v) is 30.2. The summed E-state index contributed by atoms with van der Waals surface area (Å²) in [5.74, 6) is -0.618. The van der Waals surface area contributed by atoms with E-state index in [2.05, 4.69) is 15.5 Å². The molecule has 9 nitrogen and oxygen atoms in total. The fourth-order valence-electron chi connectivity index (χ4n) is 5.58. The van der Waals surface area contributed by atoms with Crippen LogP contribution in [0.3, 0.4) is 0 Å². The Kier molecular flexibility index (Phi) is 10.8. The van der Waals surface area contributed by atoms with Gasteiger partial charge < -0.3 is 18.6 Å². The number of aromatic nitrogens is 4. The van der Waals surface area contributed by atoms with Crippen LogP contribution in [-0.4, -0.2) is 61.3 Å². The summed E-state index contributed by atoms with van der Waals surface area (Å²) in [6.07, 6.45) is -10.9. The molecule has 2 aromatic carbocycles. The number of ether oxygens (including phenoxy) is 1. The van der Waals surface area contributed by atoms with Crippen LogP contribution < -0.4 is 4.90 Å². The summed E-state index contributed by atoms with van der Waals surface area (Å²) in [4.78, 5) is 16.5. The molecule has 1 aliphatic heterocycles. The van der Waals surface area contributed by atoms with Crippen LogP contribution in [0, 0.1) is 5.41 Å². The maximum absolute atomic E-state index is 14.9. The van der Waals surface area contributed by atoms with Gasteiger partial charge in [-0.2, -0.15) is 26.3 Å². The number of nitrogens with zero attached hydrogens (tertiary/aromatic N) is 5. The highest BCUT2D eigenvalue weighted by Gasteiger charge is 2.41. The van der Waals surface area contributed by atoms with Gasteiger partial charge in [0.2, 0.25) is 5.78 Å². The molecule has 0 N–H and O–H groups in total. The van der Waals surface area contributed by atoms with Crippen LogP contribution in [0.4, 0.5) is 32.2 Å². The molecular formula is C32H33Cl2F6N5O4Si. The third-order valence-electron chi connectivity index (χ3n) is 7.79. The van der Waals surface area contributed by atoms with Gasteiger partial charge in [-0.15, -0.1) is 5.10 Å². The largest absolute Gasteiger partial charge is 0.416 e. The summed E-state index contributed by atoms with van der Waals surface area (Å²) in [5, 5.41) is 12.8. The van der Waals surface area contributed by atoms with Crippen molar-refractivity contribution in [3.05, 3.63) is 80.2 Å². The molecule has 50 heavy (non-hydrogen) atoms. The van der Waals surface area contributed by atoms with E-state index in [4.69, 9.17) is 36.9 Å². The second-order valence-electron chi connectivity index (χ2n) is 13.1. The highest BCUT2D eigenvalue weighted by atomic mass is 35.5. The summed E-state index contributed by atoms with van der Waals surface area (Å²) in [5.41, 5.74) is -4.06. The molecule has 0 amide bonds. The summed E-state index contributed by atoms with van der Waals surface area (Å²) in [6.45, 7) is 9.88. The predicted octanol–water partition coefficient (Wildman–Crippen LogP) is 8.48. The van der Waals surface area contributed by atoms with Gasteiger partial charge in [0.15, 0.2) is 26.3 Å². The first-order valence-corrected chi connectivity index (χ1v) is 19.0. The first kappa shape index (κ1) is 37.8. The molecule has 1 saturated heterocycles. The minimum Gasteiger partial charge on any atom is -0.410 e. The van der Waals surface area contributed by atoms with E-state index in [-0.39, 0.29) is 82.1 Å². The number of morpholine rings is 1. The van der Waals surface area contributed by atoms with E-state index in [0.717, 1.165) is 4.68 Å². The van der Waals surface area contributed by atoms with E-state index in [0.29, 0.717) is 12.1 Å². The number of ketones is 1. The molecule has 1 unspecified atom stereocenters. The van der Waals surface area contributed by atoms with Crippen LogP contribution >= 0.6 is 23.2 Å². The average molecular weight is 765 g/mol. The van der Waals surface area contributed by atoms with Crippen molar-refractivity contribution < 1.29 is 44.8 Å². The van der Waals surface area contributed by atoms with Crippen molar-refractivity contribution in [3.63, 3.8) is 0 Å². The van der Waals surface area contributed by atoms with Gasteiger partial charge in [0.25, 0.3) is 0 Å². The summed E-state index contributed by atoms with van der Waals surface area (Å²) < 4.78 is 101. The Bertz CT molecular complexity index is 1810. The number of halogens is 8. The van der Waals surface area contributed by atoms with E-state index in [9.17, 15) is 31.1 Å². The lowest BCUT2D eigenvalue weighted by Crippen LogP contribution is -2.38. The molecule has 1 fully saturated rings. The summed E-state index contributed by atoms with van der Waals surface area (Å²) in [7, 11) is -1.78. The maximum Gasteiger partial charge on any atom is 0.416 e. The molecular weight excluding hydrogens is 731 g/mol. The zero-order chi connectivity index (χ0) is 36.8. The van der Waals surface area contributed by atoms with Gasteiger partial charge in [-0.3, -0.25) is 4.79 Å². The maximum atomic E-state index is 14.9. The lowest BCUT2D eigenvalue weighted by Gasteiger charge is -2.31. The van der Waals surface area contributed by atoms with Crippen molar-refractivity contribution in [2.75, 3.05) is 31.2 Å². The van der Waals surface area contributed by atoms with Crippen LogP contribution in [0.25, 0.3) is 11.3 Å². The van der Waals surface area contributed by atoms with Gasteiger partial charge >= 0.3 is 12.4 Å². The third kappa shape index (κ3) is 8.04. The Balaban J connectivity index is 1.72. The van der Waals surface area contributed by atoms with Gasteiger partial charge in [0.1, 0.15) is 11.8 Å². The monoisotopic (exact) mass is 763 g/mol. The van der Waals surface area contributed by atoms with Crippen molar-refractivity contribution >= 4 is 43.8 Å². The molecule has 5 rings (SSSR count). The first-order chi connectivity index (χ1) is 23.3. The van der Waals surface area contributed by atoms with Crippen LogP contribution in [0.15, 0.2) is 40.9 Å². The fraction of sp³-hybridized carbons (Fsp3) is 0.438. The van der Waals surface area contributed by atoms with Crippen LogP contribution in [0.2, 0.25) is 23.1 Å². The fourth-order valence-corrected chi connectivity index (χ4v) is 7.23. The van der Waals surface area contributed by atoms with E-state index >= 15 is 0 Å². The van der Waals surface area contributed by atoms with Crippen molar-refractivity contribution in [1.29, 1.82) is 0 Å². The summed E-state index contributed by atoms with van der Waals surface area (Å²) >= 11 is 13.1. The van der Waals surface area contributed by atoms with Gasteiger partial charge in [-0.1, -0.05) is 60.4 Å². The average Bonchev–Trinajstić information content (AvgIpc) is 3.63. The molecule has 0 bridgehead atoms. The molecule has 0 spiro atoms. The number of benzene rings is 2. The third-order valence-corrected chi connectivity index (χ3v) is 9.24. The zero-order valence-electron chi connectivity index (χ0n) is 27.5. The minimum atomic E-state index is -5.06. The van der Waals surface area contributed by atoms with E-state index in [1.165, 1.54) is 0 Å². The minimum absolute atomic E-state index is 0.000882. The van der Waals surface area contributed by atoms with Gasteiger partial charge in [-0.05, 0) is 54.4 Å². The normalized spacial score (nSPS) is 15.2. The molecule has 1 aliphatic rings. The number of anilines is 1. The topological polar surface area (TPSA) is 95.5 Å². The molecule has 0 aliphatic carbocycles. The molecule has 1 atom stereocenters. The highest BCUT2D eigenvalue weighted by molar-refractivity contribution is 6.48. The quantitative estimate of drug-likeness (QED) is 0.0952. The Morgan fingerprint density at radius 1 is 0.980 bits per heavy atom. The van der Waals surface area contributed by atoms with E-state index < -0.39 is 56.4 Å². The van der Waals surface area contributed by atoms with Crippen molar-refractivity contribution in [2.24, 2.45) is 5.41 Å². The lowest BCUT2D eigenvalue weighted by molar-refractivity contribution is -0.143. The number of alkyl halides is 6. The smallest absolute Gasteiger partial charge is 0.410 e. The highest BCUT2D eigenvalue weighted by Crippen LogP contribution is 2.45. The Morgan fingerprint density at radius 3 is 2.08 bits per heavy atom. The number of carbonyl (C=O) groups is 1. The molecule has 18 heteroatoms.